The standard InChI is InChI=1S/C24H26O7/c1-4-29-23(26)24(10-5-11-24)14-31-20-17(8-9-19(27-2)21(20)28-3)15-6-7-18-16(12-15)13-30-22(18)25/h6-9,12H,4-5,10-11,13-14H2,1-3H3/i2D3,3D3. The van der Waals surface area contributed by atoms with Crippen molar-refractivity contribution in [3.05, 3.63) is 41.5 Å². The van der Waals surface area contributed by atoms with Gasteiger partial charge in [-0.05, 0) is 49.6 Å². The van der Waals surface area contributed by atoms with Gasteiger partial charge in [-0.15, -0.1) is 0 Å². The molecule has 0 radical (unpaired) electrons. The van der Waals surface area contributed by atoms with Crippen molar-refractivity contribution in [2.45, 2.75) is 32.8 Å². The maximum absolute atomic E-state index is 12.7. The molecule has 1 heterocycles. The first-order chi connectivity index (χ1) is 17.3. The number of hydrogen-bond donors (Lipinski definition) is 0. The van der Waals surface area contributed by atoms with E-state index >= 15 is 0 Å². The van der Waals surface area contributed by atoms with Crippen molar-refractivity contribution in [1.29, 1.82) is 0 Å². The van der Waals surface area contributed by atoms with Crippen molar-refractivity contribution in [2.75, 3.05) is 27.3 Å². The first-order valence-corrected chi connectivity index (χ1v) is 9.97. The molecule has 0 spiro atoms. The highest BCUT2D eigenvalue weighted by Gasteiger charge is 2.46. The monoisotopic (exact) mass is 432 g/mol. The van der Waals surface area contributed by atoms with Crippen molar-refractivity contribution < 1.29 is 41.5 Å². The predicted octanol–water partition coefficient (Wildman–Crippen LogP) is 4.15. The summed E-state index contributed by atoms with van der Waals surface area (Å²) in [5.41, 5.74) is 0.975. The van der Waals surface area contributed by atoms with Gasteiger partial charge in [0.05, 0.1) is 34.5 Å². The fraction of sp³-hybridized carbons (Fsp3) is 0.417. The maximum Gasteiger partial charge on any atom is 0.338 e. The number of carbonyl (C=O) groups excluding carboxylic acids is 2. The Morgan fingerprint density at radius 3 is 2.65 bits per heavy atom. The number of ether oxygens (including phenoxy) is 5. The highest BCUT2D eigenvalue weighted by molar-refractivity contribution is 5.94. The Bertz CT molecular complexity index is 1200. The summed E-state index contributed by atoms with van der Waals surface area (Å²) in [7, 11) is -5.88. The molecule has 0 atom stereocenters. The van der Waals surface area contributed by atoms with Crippen LogP contribution in [0.3, 0.4) is 0 Å². The highest BCUT2D eigenvalue weighted by Crippen LogP contribution is 2.48. The molecular weight excluding hydrogens is 400 g/mol. The fourth-order valence-corrected chi connectivity index (χ4v) is 3.90. The lowest BCUT2D eigenvalue weighted by Crippen LogP contribution is -2.44. The average molecular weight is 433 g/mol. The number of fused-ring (bicyclic) bond motifs is 1. The van der Waals surface area contributed by atoms with Gasteiger partial charge in [-0.3, -0.25) is 4.79 Å². The van der Waals surface area contributed by atoms with Gasteiger partial charge in [0, 0.05) is 11.1 Å². The Morgan fingerprint density at radius 2 is 1.94 bits per heavy atom. The van der Waals surface area contributed by atoms with Crippen LogP contribution in [0.25, 0.3) is 11.1 Å². The molecule has 31 heavy (non-hydrogen) atoms. The van der Waals surface area contributed by atoms with Gasteiger partial charge in [-0.2, -0.15) is 0 Å². The van der Waals surface area contributed by atoms with Crippen LogP contribution < -0.4 is 14.2 Å². The van der Waals surface area contributed by atoms with E-state index in [-0.39, 0.29) is 31.3 Å². The summed E-state index contributed by atoms with van der Waals surface area (Å²) >= 11 is 0. The predicted molar refractivity (Wildman–Crippen MR) is 113 cm³/mol. The van der Waals surface area contributed by atoms with E-state index in [1.807, 2.05) is 0 Å². The van der Waals surface area contributed by atoms with Gasteiger partial charge in [0.15, 0.2) is 11.5 Å². The average Bonchev–Trinajstić information content (AvgIpc) is 3.13. The van der Waals surface area contributed by atoms with Crippen LogP contribution in [0.1, 0.15) is 50.3 Å². The second-order valence-corrected chi connectivity index (χ2v) is 7.56. The fourth-order valence-electron chi connectivity index (χ4n) is 3.90. The summed E-state index contributed by atoms with van der Waals surface area (Å²) in [6, 6.07) is 7.67. The summed E-state index contributed by atoms with van der Waals surface area (Å²) in [6.45, 7) is 1.81. The van der Waals surface area contributed by atoms with Crippen LogP contribution >= 0.6 is 0 Å². The molecule has 2 aromatic carbocycles. The number of carbonyl (C=O) groups is 2. The maximum atomic E-state index is 12.7. The van der Waals surface area contributed by atoms with Gasteiger partial charge in [-0.1, -0.05) is 12.5 Å². The molecule has 2 aromatic rings. The largest absolute Gasteiger partial charge is 0.493 e. The second-order valence-electron chi connectivity index (χ2n) is 7.56. The Balaban J connectivity index is 1.83. The molecule has 7 nitrogen and oxygen atoms in total. The molecule has 1 saturated carbocycles. The number of cyclic esters (lactones) is 1. The minimum atomic E-state index is -2.98. The molecule has 1 fully saturated rings. The topological polar surface area (TPSA) is 80.3 Å². The van der Waals surface area contributed by atoms with Gasteiger partial charge in [0.25, 0.3) is 0 Å². The zero-order chi connectivity index (χ0) is 27.0. The molecular formula is C24H26O7. The SMILES string of the molecule is [2H]C([2H])([2H])Oc1ccc(-c2ccc3c(c2)COC3=O)c(OCC2(C(=O)OCC)CCC2)c1OC([2H])([2H])[2H]. The van der Waals surface area contributed by atoms with E-state index in [0.717, 1.165) is 6.42 Å². The third-order valence-corrected chi connectivity index (χ3v) is 5.79. The Morgan fingerprint density at radius 1 is 1.13 bits per heavy atom. The summed E-state index contributed by atoms with van der Waals surface area (Å²) in [5.74, 6) is -1.80. The molecule has 0 unspecified atom stereocenters. The lowest BCUT2D eigenvalue weighted by atomic mass is 9.69. The van der Waals surface area contributed by atoms with Crippen molar-refractivity contribution in [3.8, 4) is 28.4 Å². The number of rotatable bonds is 8. The van der Waals surface area contributed by atoms with Crippen molar-refractivity contribution >= 4 is 11.9 Å². The van der Waals surface area contributed by atoms with Gasteiger partial charge in [0.1, 0.15) is 18.6 Å². The highest BCUT2D eigenvalue weighted by atomic mass is 16.6. The molecule has 7 heteroatoms. The van der Waals surface area contributed by atoms with Gasteiger partial charge < -0.3 is 23.7 Å². The smallest absolute Gasteiger partial charge is 0.338 e. The lowest BCUT2D eigenvalue weighted by Gasteiger charge is -2.38. The Labute approximate surface area is 189 Å². The number of benzene rings is 2. The minimum absolute atomic E-state index is 0.0725. The Kier molecular flexibility index (Phi) is 4.03. The van der Waals surface area contributed by atoms with Gasteiger partial charge in [0.2, 0.25) is 5.75 Å². The molecule has 0 bridgehead atoms. The van der Waals surface area contributed by atoms with E-state index in [0.29, 0.717) is 35.1 Å². The lowest BCUT2D eigenvalue weighted by molar-refractivity contribution is -0.163. The number of hydrogen-bond acceptors (Lipinski definition) is 7. The van der Waals surface area contributed by atoms with Crippen molar-refractivity contribution in [1.82, 2.24) is 0 Å². The molecule has 0 saturated heterocycles. The number of methoxy groups -OCH3 is 2. The molecule has 1 aliphatic heterocycles. The van der Waals surface area contributed by atoms with Crippen molar-refractivity contribution in [3.63, 3.8) is 0 Å². The molecule has 0 amide bonds. The first-order valence-electron chi connectivity index (χ1n) is 13.0. The van der Waals surface area contributed by atoms with E-state index in [9.17, 15) is 9.59 Å². The van der Waals surface area contributed by atoms with Crippen LogP contribution in [-0.2, 0) is 20.9 Å². The summed E-state index contributed by atoms with van der Waals surface area (Å²) in [6.07, 6.45) is 1.81. The third-order valence-electron chi connectivity index (χ3n) is 5.79. The Hall–Kier alpha value is -3.22. The normalized spacial score (nSPS) is 19.7. The summed E-state index contributed by atoms with van der Waals surface area (Å²) < 4.78 is 72.1. The van der Waals surface area contributed by atoms with Crippen LogP contribution in [0.2, 0.25) is 0 Å². The zero-order valence-electron chi connectivity index (χ0n) is 23.0. The molecule has 2 aliphatic rings. The zero-order valence-corrected chi connectivity index (χ0v) is 17.0. The second kappa shape index (κ2) is 8.49. The van der Waals surface area contributed by atoms with E-state index in [1.54, 1.807) is 25.1 Å². The van der Waals surface area contributed by atoms with E-state index in [4.69, 9.17) is 31.9 Å². The van der Waals surface area contributed by atoms with Crippen LogP contribution in [0.5, 0.6) is 17.2 Å². The molecule has 164 valence electrons. The molecule has 4 rings (SSSR count). The molecule has 1 aliphatic carbocycles. The van der Waals surface area contributed by atoms with Crippen LogP contribution in [-0.4, -0.2) is 39.2 Å². The summed E-state index contributed by atoms with van der Waals surface area (Å²) in [4.78, 5) is 24.6. The third kappa shape index (κ3) is 3.69. The van der Waals surface area contributed by atoms with Gasteiger partial charge in [-0.25, -0.2) is 4.79 Å². The van der Waals surface area contributed by atoms with E-state index < -0.39 is 37.2 Å². The van der Waals surface area contributed by atoms with Crippen LogP contribution in [0.4, 0.5) is 0 Å². The first kappa shape index (κ1) is 14.7. The molecule has 0 N–H and O–H groups in total. The molecule has 0 aromatic heterocycles. The summed E-state index contributed by atoms with van der Waals surface area (Å²) in [5, 5.41) is 0. The minimum Gasteiger partial charge on any atom is -0.493 e. The van der Waals surface area contributed by atoms with Gasteiger partial charge >= 0.3 is 11.9 Å². The van der Waals surface area contributed by atoms with E-state index in [2.05, 4.69) is 0 Å². The quantitative estimate of drug-likeness (QED) is 0.580. The van der Waals surface area contributed by atoms with Crippen LogP contribution in [0.15, 0.2) is 30.3 Å². The van der Waals surface area contributed by atoms with E-state index in [1.165, 1.54) is 12.1 Å². The van der Waals surface area contributed by atoms with Crippen LogP contribution in [0, 0.1) is 5.41 Å². The number of esters is 2. The van der Waals surface area contributed by atoms with Crippen molar-refractivity contribution in [2.24, 2.45) is 5.41 Å².